The Balaban J connectivity index is 2.03. The van der Waals surface area contributed by atoms with E-state index in [2.05, 4.69) is 10.6 Å². The summed E-state index contributed by atoms with van der Waals surface area (Å²) >= 11 is 0. The van der Waals surface area contributed by atoms with E-state index in [1.807, 2.05) is 0 Å². The summed E-state index contributed by atoms with van der Waals surface area (Å²) in [5.41, 5.74) is 6.03. The monoisotopic (exact) mass is 433 g/mol. The van der Waals surface area contributed by atoms with E-state index in [-0.39, 0.29) is 18.6 Å². The van der Waals surface area contributed by atoms with Gasteiger partial charge in [0, 0.05) is 24.0 Å². The molecule has 0 unspecified atom stereocenters. The summed E-state index contributed by atoms with van der Waals surface area (Å²) in [5.74, 6) is -2.10. The molecule has 0 bridgehead atoms. The number of carbonyl (C=O) groups is 3. The Bertz CT molecular complexity index is 906. The van der Waals surface area contributed by atoms with Crippen molar-refractivity contribution in [3.05, 3.63) is 66.0 Å². The molecule has 0 aromatic heterocycles. The Hall–Kier alpha value is -3.07. The highest BCUT2D eigenvalue weighted by molar-refractivity contribution is 7.85. The maximum Gasteiger partial charge on any atom is 0.243 e. The fourth-order valence-corrected chi connectivity index (χ4v) is 3.93. The number of hydrogen-bond acceptors (Lipinski definition) is 4. The first-order valence-electron chi connectivity index (χ1n) is 9.31. The number of hydrogen-bond donors (Lipinski definition) is 3. The molecule has 0 heterocycles. The lowest BCUT2D eigenvalue weighted by molar-refractivity contribution is -0.130. The van der Waals surface area contributed by atoms with E-state index in [4.69, 9.17) is 5.73 Å². The van der Waals surface area contributed by atoms with Crippen LogP contribution in [0.5, 0.6) is 0 Å². The van der Waals surface area contributed by atoms with Gasteiger partial charge in [-0.3, -0.25) is 18.6 Å². The molecule has 0 radical (unpaired) electrons. The SMILES string of the molecule is CC(=O)N[C@H](Cc1ccc(F)cc1)C(=O)N[C@H](CC[S@@](=O)c1ccccc1)C(N)=O. The number of nitrogens with two attached hydrogens (primary N) is 1. The summed E-state index contributed by atoms with van der Waals surface area (Å²) in [6.07, 6.45) is 0.180. The van der Waals surface area contributed by atoms with Gasteiger partial charge < -0.3 is 16.4 Å². The third kappa shape index (κ3) is 7.40. The van der Waals surface area contributed by atoms with Crippen LogP contribution in [0.1, 0.15) is 18.9 Å². The lowest BCUT2D eigenvalue weighted by Gasteiger charge is -2.21. The Morgan fingerprint density at radius 2 is 1.63 bits per heavy atom. The number of nitrogens with one attached hydrogen (secondary N) is 2. The van der Waals surface area contributed by atoms with Crippen LogP contribution in [-0.4, -0.2) is 39.8 Å². The van der Waals surface area contributed by atoms with Crippen molar-refractivity contribution in [2.45, 2.75) is 36.7 Å². The number of primary amides is 1. The number of rotatable bonds is 10. The molecule has 9 heteroatoms. The van der Waals surface area contributed by atoms with Gasteiger partial charge in [-0.15, -0.1) is 0 Å². The van der Waals surface area contributed by atoms with Crippen molar-refractivity contribution >= 4 is 28.5 Å². The van der Waals surface area contributed by atoms with Crippen molar-refractivity contribution < 1.29 is 23.0 Å². The lowest BCUT2D eigenvalue weighted by atomic mass is 10.0. The molecule has 3 amide bonds. The Kier molecular flexibility index (Phi) is 8.67. The summed E-state index contributed by atoms with van der Waals surface area (Å²) in [6, 6.07) is 12.2. The second-order valence-electron chi connectivity index (χ2n) is 6.70. The molecule has 0 fully saturated rings. The van der Waals surface area contributed by atoms with Crippen LogP contribution in [0.3, 0.4) is 0 Å². The van der Waals surface area contributed by atoms with Crippen molar-refractivity contribution in [2.75, 3.05) is 5.75 Å². The van der Waals surface area contributed by atoms with Crippen LogP contribution in [0.25, 0.3) is 0 Å². The highest BCUT2D eigenvalue weighted by atomic mass is 32.2. The predicted octanol–water partition coefficient (Wildman–Crippen LogP) is 1.04. The van der Waals surface area contributed by atoms with Crippen molar-refractivity contribution in [3.8, 4) is 0 Å². The molecule has 4 N–H and O–H groups in total. The largest absolute Gasteiger partial charge is 0.368 e. The van der Waals surface area contributed by atoms with Gasteiger partial charge in [-0.25, -0.2) is 4.39 Å². The molecule has 160 valence electrons. The van der Waals surface area contributed by atoms with Gasteiger partial charge >= 0.3 is 0 Å². The standard InChI is InChI=1S/C21H24FN3O4S/c1-14(26)24-19(13-15-7-9-16(22)10-8-15)21(28)25-18(20(23)27)11-12-30(29)17-5-3-2-4-6-17/h2-10,18-19H,11-13H2,1H3,(H2,23,27)(H,24,26)(H,25,28)/t18-,19-,30-/m1/s1. The van der Waals surface area contributed by atoms with Crippen LogP contribution in [0.2, 0.25) is 0 Å². The minimum absolute atomic E-state index is 0.0753. The summed E-state index contributed by atoms with van der Waals surface area (Å²) in [5, 5.41) is 5.04. The average molecular weight is 434 g/mol. The number of benzene rings is 2. The Morgan fingerprint density at radius 3 is 2.20 bits per heavy atom. The van der Waals surface area contributed by atoms with Crippen molar-refractivity contribution in [3.63, 3.8) is 0 Å². The maximum absolute atomic E-state index is 13.1. The predicted molar refractivity (Wildman–Crippen MR) is 111 cm³/mol. The summed E-state index contributed by atoms with van der Waals surface area (Å²) in [6.45, 7) is 1.26. The first kappa shape index (κ1) is 23.2. The molecule has 0 saturated carbocycles. The van der Waals surface area contributed by atoms with Crippen molar-refractivity contribution in [1.29, 1.82) is 0 Å². The van der Waals surface area contributed by atoms with Crippen molar-refractivity contribution in [2.24, 2.45) is 5.73 Å². The van der Waals surface area contributed by atoms with Crippen LogP contribution >= 0.6 is 0 Å². The van der Waals surface area contributed by atoms with Gasteiger partial charge in [0.2, 0.25) is 17.7 Å². The molecule has 0 aliphatic heterocycles. The highest BCUT2D eigenvalue weighted by Gasteiger charge is 2.25. The number of carbonyl (C=O) groups excluding carboxylic acids is 3. The number of halogens is 1. The third-order valence-electron chi connectivity index (χ3n) is 4.31. The van der Waals surface area contributed by atoms with Crippen LogP contribution in [-0.2, 0) is 31.6 Å². The molecular weight excluding hydrogens is 409 g/mol. The first-order valence-corrected chi connectivity index (χ1v) is 10.6. The molecule has 2 rings (SSSR count). The van der Waals surface area contributed by atoms with Gasteiger partial charge in [-0.2, -0.15) is 0 Å². The van der Waals surface area contributed by atoms with Gasteiger partial charge in [0.1, 0.15) is 17.9 Å². The van der Waals surface area contributed by atoms with Crippen LogP contribution in [0, 0.1) is 5.82 Å². The molecule has 2 aromatic rings. The van der Waals surface area contributed by atoms with E-state index in [1.165, 1.54) is 31.2 Å². The van der Waals surface area contributed by atoms with E-state index < -0.39 is 46.4 Å². The molecule has 3 atom stereocenters. The van der Waals surface area contributed by atoms with Crippen LogP contribution in [0.15, 0.2) is 59.5 Å². The minimum atomic E-state index is -1.35. The summed E-state index contributed by atoms with van der Waals surface area (Å²) in [4.78, 5) is 36.6. The second-order valence-corrected chi connectivity index (χ2v) is 8.27. The average Bonchev–Trinajstić information content (AvgIpc) is 2.71. The Morgan fingerprint density at radius 1 is 1.00 bits per heavy atom. The smallest absolute Gasteiger partial charge is 0.243 e. The van der Waals surface area contributed by atoms with Gasteiger partial charge in [0.25, 0.3) is 0 Å². The zero-order chi connectivity index (χ0) is 22.1. The van der Waals surface area contributed by atoms with Gasteiger partial charge in [-0.05, 0) is 36.2 Å². The van der Waals surface area contributed by atoms with E-state index in [0.29, 0.717) is 10.5 Å². The van der Waals surface area contributed by atoms with Crippen LogP contribution < -0.4 is 16.4 Å². The topological polar surface area (TPSA) is 118 Å². The zero-order valence-electron chi connectivity index (χ0n) is 16.5. The van der Waals surface area contributed by atoms with Gasteiger partial charge in [-0.1, -0.05) is 30.3 Å². The van der Waals surface area contributed by atoms with E-state index in [9.17, 15) is 23.0 Å². The van der Waals surface area contributed by atoms with E-state index in [1.54, 1.807) is 30.3 Å². The van der Waals surface area contributed by atoms with Gasteiger partial charge in [0.05, 0.1) is 10.8 Å². The molecule has 0 spiro atoms. The molecule has 30 heavy (non-hydrogen) atoms. The summed E-state index contributed by atoms with van der Waals surface area (Å²) < 4.78 is 25.5. The van der Waals surface area contributed by atoms with Crippen LogP contribution in [0.4, 0.5) is 4.39 Å². The first-order chi connectivity index (χ1) is 14.3. The summed E-state index contributed by atoms with van der Waals surface area (Å²) in [7, 11) is -1.35. The quantitative estimate of drug-likeness (QED) is 0.519. The third-order valence-corrected chi connectivity index (χ3v) is 5.71. The molecular formula is C21H24FN3O4S. The molecule has 2 aromatic carbocycles. The zero-order valence-corrected chi connectivity index (χ0v) is 17.3. The molecule has 7 nitrogen and oxygen atoms in total. The fraction of sp³-hybridized carbons (Fsp3) is 0.286. The maximum atomic E-state index is 13.1. The Labute approximate surface area is 176 Å². The van der Waals surface area contributed by atoms with E-state index in [0.717, 1.165) is 0 Å². The molecule has 0 aliphatic carbocycles. The van der Waals surface area contributed by atoms with E-state index >= 15 is 0 Å². The molecule has 0 aliphatic rings. The van der Waals surface area contributed by atoms with Gasteiger partial charge in [0.15, 0.2) is 0 Å². The minimum Gasteiger partial charge on any atom is -0.368 e. The normalized spacial score (nSPS) is 13.7. The molecule has 0 saturated heterocycles. The highest BCUT2D eigenvalue weighted by Crippen LogP contribution is 2.09. The fourth-order valence-electron chi connectivity index (χ4n) is 2.78. The lowest BCUT2D eigenvalue weighted by Crippen LogP contribution is -2.53. The second kappa shape index (κ2) is 11.2. The van der Waals surface area contributed by atoms with Crippen molar-refractivity contribution in [1.82, 2.24) is 10.6 Å². The number of amides is 3.